The lowest BCUT2D eigenvalue weighted by Crippen LogP contribution is -2.55. The number of nitrogens with one attached hydrogen (secondary N) is 1. The van der Waals surface area contributed by atoms with E-state index in [9.17, 15) is 4.79 Å². The Morgan fingerprint density at radius 3 is 2.54 bits per heavy atom. The van der Waals surface area contributed by atoms with Crippen molar-refractivity contribution >= 4 is 6.41 Å². The van der Waals surface area contributed by atoms with Gasteiger partial charge in [-0.25, -0.2) is 0 Å². The third-order valence-corrected chi connectivity index (χ3v) is 6.04. The fraction of sp³-hybridized carbons (Fsp3) is 0.667. The number of rotatable bonds is 6. The van der Waals surface area contributed by atoms with E-state index in [-0.39, 0.29) is 6.17 Å². The Morgan fingerprint density at radius 1 is 1.17 bits per heavy atom. The smallest absolute Gasteiger partial charge is 0.208 e. The molecular formula is C21H32N2O. The minimum atomic E-state index is 0.133. The van der Waals surface area contributed by atoms with E-state index in [1.54, 1.807) is 0 Å². The zero-order chi connectivity index (χ0) is 16.9. The van der Waals surface area contributed by atoms with Gasteiger partial charge in [0.1, 0.15) is 0 Å². The van der Waals surface area contributed by atoms with Crippen molar-refractivity contribution in [2.75, 3.05) is 0 Å². The van der Waals surface area contributed by atoms with Crippen molar-refractivity contribution in [2.45, 2.75) is 77.5 Å². The molecule has 1 amide bonds. The molecule has 2 atom stereocenters. The van der Waals surface area contributed by atoms with E-state index in [0.717, 1.165) is 25.3 Å². The van der Waals surface area contributed by atoms with Gasteiger partial charge in [-0.05, 0) is 29.4 Å². The highest BCUT2D eigenvalue weighted by Gasteiger charge is 2.34. The van der Waals surface area contributed by atoms with Crippen molar-refractivity contribution in [2.24, 2.45) is 11.8 Å². The second-order valence-corrected chi connectivity index (χ2v) is 8.00. The van der Waals surface area contributed by atoms with Crippen LogP contribution in [0.3, 0.4) is 0 Å². The molecule has 1 saturated carbocycles. The summed E-state index contributed by atoms with van der Waals surface area (Å²) in [6.07, 6.45) is 10.2. The Morgan fingerprint density at radius 2 is 1.88 bits per heavy atom. The molecule has 1 aromatic carbocycles. The summed E-state index contributed by atoms with van der Waals surface area (Å²) in [4.78, 5) is 13.7. The summed E-state index contributed by atoms with van der Waals surface area (Å²) >= 11 is 0. The van der Waals surface area contributed by atoms with Gasteiger partial charge in [-0.1, -0.05) is 70.2 Å². The number of carbonyl (C=O) groups is 1. The maximum Gasteiger partial charge on any atom is 0.208 e. The van der Waals surface area contributed by atoms with Gasteiger partial charge < -0.3 is 5.32 Å². The van der Waals surface area contributed by atoms with Crippen LogP contribution in [0.1, 0.15) is 63.5 Å². The van der Waals surface area contributed by atoms with E-state index in [1.165, 1.54) is 49.7 Å². The molecule has 1 fully saturated rings. The average molecular weight is 329 g/mol. The molecular weight excluding hydrogens is 296 g/mol. The van der Waals surface area contributed by atoms with Crippen molar-refractivity contribution in [3.8, 4) is 0 Å². The molecule has 3 nitrogen and oxygen atoms in total. The molecule has 0 bridgehead atoms. The number of carbonyl (C=O) groups excluding carboxylic acids is 1. The quantitative estimate of drug-likeness (QED) is 0.797. The van der Waals surface area contributed by atoms with Crippen LogP contribution in [-0.4, -0.2) is 23.5 Å². The van der Waals surface area contributed by atoms with Crippen LogP contribution in [0.4, 0.5) is 0 Å². The van der Waals surface area contributed by atoms with Gasteiger partial charge in [0.05, 0.1) is 6.17 Å². The maximum atomic E-state index is 11.2. The lowest BCUT2D eigenvalue weighted by atomic mass is 9.81. The Kier molecular flexibility index (Phi) is 5.94. The van der Waals surface area contributed by atoms with Gasteiger partial charge in [-0.15, -0.1) is 0 Å². The molecule has 1 heterocycles. The minimum Gasteiger partial charge on any atom is -0.343 e. The number of hydrogen-bond acceptors (Lipinski definition) is 2. The van der Waals surface area contributed by atoms with Gasteiger partial charge >= 0.3 is 0 Å². The summed E-state index contributed by atoms with van der Waals surface area (Å²) < 4.78 is 0. The van der Waals surface area contributed by atoms with Crippen molar-refractivity contribution in [1.82, 2.24) is 10.2 Å². The molecule has 132 valence electrons. The number of amides is 1. The lowest BCUT2D eigenvalue weighted by molar-refractivity contribution is -0.112. The molecule has 0 spiro atoms. The van der Waals surface area contributed by atoms with Crippen LogP contribution in [0.15, 0.2) is 24.3 Å². The largest absolute Gasteiger partial charge is 0.343 e. The summed E-state index contributed by atoms with van der Waals surface area (Å²) in [5.74, 6) is 1.47. The first-order chi connectivity index (χ1) is 11.7. The van der Waals surface area contributed by atoms with Crippen LogP contribution < -0.4 is 5.32 Å². The first kappa shape index (κ1) is 17.5. The second-order valence-electron chi connectivity index (χ2n) is 8.00. The van der Waals surface area contributed by atoms with Crippen molar-refractivity contribution in [3.05, 3.63) is 35.4 Å². The zero-order valence-corrected chi connectivity index (χ0v) is 15.2. The highest BCUT2D eigenvalue weighted by Crippen LogP contribution is 2.34. The predicted octanol–water partition coefficient (Wildman–Crippen LogP) is 4.11. The predicted molar refractivity (Wildman–Crippen MR) is 98.5 cm³/mol. The summed E-state index contributed by atoms with van der Waals surface area (Å²) in [5.41, 5.74) is 2.81. The van der Waals surface area contributed by atoms with Crippen LogP contribution >= 0.6 is 0 Å². The van der Waals surface area contributed by atoms with Crippen LogP contribution in [-0.2, 0) is 17.8 Å². The maximum absolute atomic E-state index is 11.2. The monoisotopic (exact) mass is 328 g/mol. The molecule has 1 aliphatic heterocycles. The topological polar surface area (TPSA) is 32.3 Å². The molecule has 0 aromatic heterocycles. The van der Waals surface area contributed by atoms with E-state index in [0.29, 0.717) is 12.0 Å². The standard InChI is InChI=1S/C21H32N2O/c1-16(2)20(12-17-8-4-3-5-9-17)23-14-19-11-7-6-10-18(19)13-21(23)22-15-24/h6-7,10-11,15-17,20-21H,3-5,8-9,12-14H2,1-2H3,(H,22,24)/t20-,21-/m1/s1. The molecule has 1 N–H and O–H groups in total. The number of benzene rings is 1. The summed E-state index contributed by atoms with van der Waals surface area (Å²) in [7, 11) is 0. The Bertz CT molecular complexity index is 536. The van der Waals surface area contributed by atoms with E-state index in [1.807, 2.05) is 0 Å². The normalized spacial score (nSPS) is 23.7. The third-order valence-electron chi connectivity index (χ3n) is 6.04. The third kappa shape index (κ3) is 4.00. The number of fused-ring (bicyclic) bond motifs is 1. The molecule has 3 rings (SSSR count). The highest BCUT2D eigenvalue weighted by atomic mass is 16.1. The molecule has 1 aliphatic carbocycles. The zero-order valence-electron chi connectivity index (χ0n) is 15.2. The fourth-order valence-corrected chi connectivity index (χ4v) is 4.68. The molecule has 3 heteroatoms. The number of nitrogens with zero attached hydrogens (tertiary/aromatic N) is 1. The molecule has 24 heavy (non-hydrogen) atoms. The molecule has 0 radical (unpaired) electrons. The number of hydrogen-bond donors (Lipinski definition) is 1. The van der Waals surface area contributed by atoms with E-state index < -0.39 is 0 Å². The van der Waals surface area contributed by atoms with Gasteiger partial charge in [-0.2, -0.15) is 0 Å². The van der Waals surface area contributed by atoms with Gasteiger partial charge in [0.25, 0.3) is 0 Å². The highest BCUT2D eigenvalue weighted by molar-refractivity contribution is 5.47. The molecule has 0 unspecified atom stereocenters. The van der Waals surface area contributed by atoms with Crippen molar-refractivity contribution in [1.29, 1.82) is 0 Å². The molecule has 1 aromatic rings. The first-order valence-corrected chi connectivity index (χ1v) is 9.71. The molecule has 0 saturated heterocycles. The Labute approximate surface area is 146 Å². The van der Waals surface area contributed by atoms with E-state index in [4.69, 9.17) is 0 Å². The molecule has 2 aliphatic rings. The van der Waals surface area contributed by atoms with Crippen LogP contribution in [0.5, 0.6) is 0 Å². The lowest BCUT2D eigenvalue weighted by Gasteiger charge is -2.44. The van der Waals surface area contributed by atoms with E-state index >= 15 is 0 Å². The first-order valence-electron chi connectivity index (χ1n) is 9.71. The Balaban J connectivity index is 1.79. The van der Waals surface area contributed by atoms with Gasteiger partial charge in [0.2, 0.25) is 6.41 Å². The van der Waals surface area contributed by atoms with Gasteiger partial charge in [-0.3, -0.25) is 9.69 Å². The average Bonchev–Trinajstić information content (AvgIpc) is 2.60. The summed E-state index contributed by atoms with van der Waals surface area (Å²) in [6.45, 7) is 5.63. The Hall–Kier alpha value is -1.35. The van der Waals surface area contributed by atoms with Crippen LogP contribution in [0.2, 0.25) is 0 Å². The SMILES string of the molecule is CC(C)[C@@H](CC1CCCCC1)N1Cc2ccccc2C[C@@H]1NC=O. The van der Waals surface area contributed by atoms with Crippen LogP contribution in [0, 0.1) is 11.8 Å². The second kappa shape index (κ2) is 8.15. The fourth-order valence-electron chi connectivity index (χ4n) is 4.68. The summed E-state index contributed by atoms with van der Waals surface area (Å²) in [6, 6.07) is 9.23. The van der Waals surface area contributed by atoms with Crippen molar-refractivity contribution < 1.29 is 4.79 Å². The van der Waals surface area contributed by atoms with E-state index in [2.05, 4.69) is 48.3 Å². The van der Waals surface area contributed by atoms with Crippen molar-refractivity contribution in [3.63, 3.8) is 0 Å². The van der Waals surface area contributed by atoms with Crippen LogP contribution in [0.25, 0.3) is 0 Å². The minimum absolute atomic E-state index is 0.133. The summed E-state index contributed by atoms with van der Waals surface area (Å²) in [5, 5.41) is 3.09. The van der Waals surface area contributed by atoms with Gasteiger partial charge in [0, 0.05) is 19.0 Å². The van der Waals surface area contributed by atoms with Gasteiger partial charge in [0.15, 0.2) is 0 Å².